The minimum absolute atomic E-state index is 0.274. The van der Waals surface area contributed by atoms with Gasteiger partial charge >= 0.3 is 0 Å². The number of rotatable bonds is 3. The second kappa shape index (κ2) is 5.05. The van der Waals surface area contributed by atoms with Crippen LogP contribution in [0.3, 0.4) is 0 Å². The molecular formula is C14H16N4O2. The van der Waals surface area contributed by atoms with E-state index in [4.69, 9.17) is 5.21 Å². The number of carbonyl (C=O) groups excluding carboxylic acids is 1. The fraction of sp³-hybridized carbons (Fsp3) is 0.357. The van der Waals surface area contributed by atoms with Crippen molar-refractivity contribution >= 4 is 22.5 Å². The second-order valence-electron chi connectivity index (χ2n) is 5.26. The third-order valence-electron chi connectivity index (χ3n) is 3.67. The summed E-state index contributed by atoms with van der Waals surface area (Å²) in [7, 11) is 0. The van der Waals surface area contributed by atoms with Crippen molar-refractivity contribution in [2.24, 2.45) is 5.92 Å². The first-order valence-electron chi connectivity index (χ1n) is 6.57. The van der Waals surface area contributed by atoms with Gasteiger partial charge in [-0.05, 0) is 18.6 Å². The van der Waals surface area contributed by atoms with Gasteiger partial charge in [0.1, 0.15) is 0 Å². The molecule has 1 aromatic heterocycles. The second-order valence-corrected chi connectivity index (χ2v) is 5.26. The molecule has 1 amide bonds. The molecule has 1 aliphatic rings. The summed E-state index contributed by atoms with van der Waals surface area (Å²) in [5.74, 6) is -0.0567. The van der Waals surface area contributed by atoms with E-state index in [1.165, 1.54) is 0 Å². The van der Waals surface area contributed by atoms with Crippen LogP contribution >= 0.6 is 0 Å². The number of aromatic nitrogens is 2. The van der Waals surface area contributed by atoms with E-state index in [1.54, 1.807) is 11.7 Å². The molecule has 0 radical (unpaired) electrons. The molecule has 1 saturated heterocycles. The van der Waals surface area contributed by atoms with E-state index >= 15 is 0 Å². The number of hydrogen-bond donors (Lipinski definition) is 2. The largest absolute Gasteiger partial charge is 0.369 e. The molecule has 6 heteroatoms. The van der Waals surface area contributed by atoms with E-state index in [-0.39, 0.29) is 11.8 Å². The molecule has 3 rings (SSSR count). The van der Waals surface area contributed by atoms with Crippen molar-refractivity contribution in [1.29, 1.82) is 0 Å². The van der Waals surface area contributed by atoms with E-state index in [2.05, 4.69) is 27.2 Å². The maximum atomic E-state index is 11.1. The van der Waals surface area contributed by atoms with E-state index < -0.39 is 0 Å². The van der Waals surface area contributed by atoms with E-state index in [0.717, 1.165) is 35.2 Å². The van der Waals surface area contributed by atoms with Crippen LogP contribution in [0.2, 0.25) is 0 Å². The molecule has 2 aromatic rings. The van der Waals surface area contributed by atoms with Crippen LogP contribution in [0.5, 0.6) is 0 Å². The van der Waals surface area contributed by atoms with Crippen molar-refractivity contribution < 1.29 is 10.0 Å². The number of amides is 1. The van der Waals surface area contributed by atoms with E-state index in [1.807, 2.05) is 13.0 Å². The Morgan fingerprint density at radius 2 is 2.30 bits per heavy atom. The number of fused-ring (bicyclic) bond motifs is 1. The number of aryl methyl sites for hydroxylation is 1. The maximum Gasteiger partial charge on any atom is 0.243 e. The minimum Gasteiger partial charge on any atom is -0.369 e. The average molecular weight is 272 g/mol. The molecule has 2 N–H and O–H groups in total. The molecule has 20 heavy (non-hydrogen) atoms. The zero-order chi connectivity index (χ0) is 14.1. The SMILES string of the molecule is Cc1ccc2c(N3CC(CC(=O)NO)C3)cnnc2c1. The molecule has 104 valence electrons. The molecule has 2 heterocycles. The Labute approximate surface area is 116 Å². The quantitative estimate of drug-likeness (QED) is 0.650. The summed E-state index contributed by atoms with van der Waals surface area (Å²) in [6.07, 6.45) is 2.11. The predicted octanol–water partition coefficient (Wildman–Crippen LogP) is 1.27. The Morgan fingerprint density at radius 1 is 1.50 bits per heavy atom. The van der Waals surface area contributed by atoms with Gasteiger partial charge in [-0.25, -0.2) is 5.48 Å². The van der Waals surface area contributed by atoms with Crippen LogP contribution in [-0.2, 0) is 4.79 Å². The zero-order valence-corrected chi connectivity index (χ0v) is 11.2. The topological polar surface area (TPSA) is 78.4 Å². The van der Waals surface area contributed by atoms with Crippen LogP contribution in [0.15, 0.2) is 24.4 Å². The highest BCUT2D eigenvalue weighted by Crippen LogP contribution is 2.31. The first-order chi connectivity index (χ1) is 9.67. The summed E-state index contributed by atoms with van der Waals surface area (Å²) in [5.41, 5.74) is 4.77. The van der Waals surface area contributed by atoms with Gasteiger partial charge in [-0.1, -0.05) is 12.1 Å². The van der Waals surface area contributed by atoms with Crippen LogP contribution < -0.4 is 10.4 Å². The van der Waals surface area contributed by atoms with Gasteiger partial charge in [-0.2, -0.15) is 10.2 Å². The Bertz CT molecular complexity index is 653. The third-order valence-corrected chi connectivity index (χ3v) is 3.67. The van der Waals surface area contributed by atoms with Crippen molar-refractivity contribution in [3.05, 3.63) is 30.0 Å². The fourth-order valence-electron chi connectivity index (χ4n) is 2.61. The molecule has 1 fully saturated rings. The molecule has 0 saturated carbocycles. The van der Waals surface area contributed by atoms with Gasteiger partial charge in [-0.3, -0.25) is 10.0 Å². The molecule has 6 nitrogen and oxygen atoms in total. The maximum absolute atomic E-state index is 11.1. The molecular weight excluding hydrogens is 256 g/mol. The number of anilines is 1. The standard InChI is InChI=1S/C14H16N4O2/c1-9-2-3-11-12(4-9)16-15-6-13(11)18-7-10(8-18)5-14(19)17-20/h2-4,6,10,20H,5,7-8H2,1H3,(H,17,19). The summed E-state index contributed by atoms with van der Waals surface area (Å²) in [4.78, 5) is 13.3. The highest BCUT2D eigenvalue weighted by Gasteiger charge is 2.29. The predicted molar refractivity (Wildman–Crippen MR) is 74.5 cm³/mol. The first-order valence-corrected chi connectivity index (χ1v) is 6.57. The van der Waals surface area contributed by atoms with Crippen molar-refractivity contribution in [3.8, 4) is 0 Å². The summed E-state index contributed by atoms with van der Waals surface area (Å²) >= 11 is 0. The van der Waals surface area contributed by atoms with E-state index in [0.29, 0.717) is 6.42 Å². The number of nitrogens with zero attached hydrogens (tertiary/aromatic N) is 3. The third kappa shape index (κ3) is 2.30. The average Bonchev–Trinajstić information content (AvgIpc) is 2.41. The lowest BCUT2D eigenvalue weighted by atomic mass is 9.95. The minimum atomic E-state index is -0.331. The number of hydrogen-bond acceptors (Lipinski definition) is 5. The van der Waals surface area contributed by atoms with Crippen LogP contribution in [0, 0.1) is 12.8 Å². The Balaban J connectivity index is 1.78. The lowest BCUT2D eigenvalue weighted by molar-refractivity contribution is -0.130. The highest BCUT2D eigenvalue weighted by molar-refractivity contribution is 5.91. The van der Waals surface area contributed by atoms with Gasteiger partial charge in [-0.15, -0.1) is 0 Å². The van der Waals surface area contributed by atoms with Crippen LogP contribution in [-0.4, -0.2) is 34.4 Å². The first kappa shape index (κ1) is 12.8. The van der Waals surface area contributed by atoms with Crippen molar-refractivity contribution in [1.82, 2.24) is 15.7 Å². The number of benzene rings is 1. The summed E-state index contributed by atoms with van der Waals surface area (Å²) < 4.78 is 0. The number of nitrogens with one attached hydrogen (secondary N) is 1. The Hall–Kier alpha value is -2.21. The summed E-state index contributed by atoms with van der Waals surface area (Å²) in [5, 5.41) is 17.8. The van der Waals surface area contributed by atoms with Gasteiger partial charge in [0.2, 0.25) is 5.91 Å². The van der Waals surface area contributed by atoms with Crippen molar-refractivity contribution in [3.63, 3.8) is 0 Å². The molecule has 0 unspecified atom stereocenters. The molecule has 1 aromatic carbocycles. The molecule has 0 bridgehead atoms. The van der Waals surface area contributed by atoms with Gasteiger partial charge in [0, 0.05) is 30.8 Å². The highest BCUT2D eigenvalue weighted by atomic mass is 16.5. The fourth-order valence-corrected chi connectivity index (χ4v) is 2.61. The van der Waals surface area contributed by atoms with Crippen LogP contribution in [0.1, 0.15) is 12.0 Å². The molecule has 0 atom stereocenters. The van der Waals surface area contributed by atoms with Gasteiger partial charge in [0.15, 0.2) is 0 Å². The van der Waals surface area contributed by atoms with Crippen LogP contribution in [0.4, 0.5) is 5.69 Å². The summed E-state index contributed by atoms with van der Waals surface area (Å²) in [6, 6.07) is 6.13. The molecule has 0 aliphatic carbocycles. The van der Waals surface area contributed by atoms with Crippen LogP contribution in [0.25, 0.3) is 10.9 Å². The van der Waals surface area contributed by atoms with Gasteiger partial charge < -0.3 is 4.90 Å². The summed E-state index contributed by atoms with van der Waals surface area (Å²) in [6.45, 7) is 3.62. The lowest BCUT2D eigenvalue weighted by Crippen LogP contribution is -2.48. The number of carbonyl (C=O) groups is 1. The van der Waals surface area contributed by atoms with Gasteiger partial charge in [0.25, 0.3) is 0 Å². The Morgan fingerprint density at radius 3 is 3.05 bits per heavy atom. The van der Waals surface area contributed by atoms with Gasteiger partial charge in [0.05, 0.1) is 17.4 Å². The van der Waals surface area contributed by atoms with E-state index in [9.17, 15) is 4.79 Å². The normalized spacial score (nSPS) is 15.2. The number of hydroxylamine groups is 1. The van der Waals surface area contributed by atoms with Crippen molar-refractivity contribution in [2.75, 3.05) is 18.0 Å². The zero-order valence-electron chi connectivity index (χ0n) is 11.2. The smallest absolute Gasteiger partial charge is 0.243 e. The monoisotopic (exact) mass is 272 g/mol. The molecule has 1 aliphatic heterocycles. The van der Waals surface area contributed by atoms with Crippen molar-refractivity contribution in [2.45, 2.75) is 13.3 Å². The lowest BCUT2D eigenvalue weighted by Gasteiger charge is -2.40. The Kier molecular flexibility index (Phi) is 3.23. The molecule has 0 spiro atoms.